The van der Waals surface area contributed by atoms with Crippen LogP contribution in [-0.2, 0) is 16.6 Å². The quantitative estimate of drug-likeness (QED) is 0.754. The number of likely N-dealkylation sites (tertiary alicyclic amines) is 1. The number of imidazole rings is 1. The Morgan fingerprint density at radius 3 is 2.62 bits per heavy atom. The number of piperidine rings is 1. The van der Waals surface area contributed by atoms with Crippen LogP contribution in [0.15, 0.2) is 23.0 Å². The van der Waals surface area contributed by atoms with E-state index < -0.39 is 18.0 Å². The zero-order valence-electron chi connectivity index (χ0n) is 14.1. The van der Waals surface area contributed by atoms with E-state index in [9.17, 15) is 19.2 Å². The highest BCUT2D eigenvalue weighted by Crippen LogP contribution is 2.33. The van der Waals surface area contributed by atoms with E-state index in [4.69, 9.17) is 5.11 Å². The molecule has 0 saturated carbocycles. The summed E-state index contributed by atoms with van der Waals surface area (Å²) in [7, 11) is 1.64. The van der Waals surface area contributed by atoms with Gasteiger partial charge in [-0.1, -0.05) is 12.1 Å². The van der Waals surface area contributed by atoms with Crippen molar-refractivity contribution in [1.82, 2.24) is 19.4 Å². The van der Waals surface area contributed by atoms with Crippen LogP contribution in [-0.4, -0.2) is 50.1 Å². The van der Waals surface area contributed by atoms with Crippen molar-refractivity contribution in [3.05, 3.63) is 34.2 Å². The smallest absolute Gasteiger partial charge is 0.407 e. The first-order valence-electron chi connectivity index (χ1n) is 8.40. The van der Waals surface area contributed by atoms with Gasteiger partial charge in [-0.2, -0.15) is 0 Å². The Hall–Kier alpha value is -3.10. The van der Waals surface area contributed by atoms with Crippen molar-refractivity contribution in [2.45, 2.75) is 24.8 Å². The molecule has 0 bridgehead atoms. The lowest BCUT2D eigenvalue weighted by atomic mass is 9.90. The van der Waals surface area contributed by atoms with Gasteiger partial charge in [0.2, 0.25) is 11.8 Å². The van der Waals surface area contributed by atoms with Gasteiger partial charge in [-0.05, 0) is 18.1 Å². The molecule has 0 radical (unpaired) electrons. The first-order chi connectivity index (χ1) is 12.4. The average Bonchev–Trinajstić information content (AvgIpc) is 2.79. The van der Waals surface area contributed by atoms with E-state index in [1.165, 1.54) is 14.0 Å². The van der Waals surface area contributed by atoms with Gasteiger partial charge in [-0.25, -0.2) is 9.59 Å². The van der Waals surface area contributed by atoms with Crippen LogP contribution in [0.4, 0.5) is 4.79 Å². The fraction of sp³-hybridized carbons (Fsp3) is 0.412. The van der Waals surface area contributed by atoms with Gasteiger partial charge in [0.05, 0.1) is 11.0 Å². The molecule has 9 nitrogen and oxygen atoms in total. The minimum atomic E-state index is -0.955. The number of nitrogens with one attached hydrogen (secondary N) is 1. The number of aromatic nitrogens is 2. The van der Waals surface area contributed by atoms with Gasteiger partial charge in [-0.3, -0.25) is 24.0 Å². The molecule has 2 aliphatic heterocycles. The van der Waals surface area contributed by atoms with Gasteiger partial charge in [-0.15, -0.1) is 0 Å². The van der Waals surface area contributed by atoms with Gasteiger partial charge in [0.25, 0.3) is 0 Å². The predicted octanol–water partition coefficient (Wildman–Crippen LogP) is 0.395. The summed E-state index contributed by atoms with van der Waals surface area (Å²) in [5.74, 6) is -0.789. The summed E-state index contributed by atoms with van der Waals surface area (Å²) in [5, 5.41) is 11.3. The minimum Gasteiger partial charge on any atom is -0.465 e. The summed E-state index contributed by atoms with van der Waals surface area (Å²) in [6.07, 6.45) is -0.484. The summed E-state index contributed by atoms with van der Waals surface area (Å²) in [5.41, 5.74) is 1.90. The number of fused-ring (bicyclic) bond motifs is 1. The molecule has 2 fully saturated rings. The van der Waals surface area contributed by atoms with Crippen molar-refractivity contribution < 1.29 is 19.5 Å². The maximum Gasteiger partial charge on any atom is 0.407 e. The Morgan fingerprint density at radius 2 is 1.96 bits per heavy atom. The number of benzene rings is 1. The van der Waals surface area contributed by atoms with Crippen LogP contribution in [0.3, 0.4) is 0 Å². The molecule has 136 valence electrons. The second kappa shape index (κ2) is 5.72. The molecule has 1 aromatic carbocycles. The van der Waals surface area contributed by atoms with Crippen molar-refractivity contribution in [3.8, 4) is 0 Å². The maximum absolute atomic E-state index is 12.8. The number of para-hydroxylation sites is 1. The third-order valence-corrected chi connectivity index (χ3v) is 5.25. The molecule has 1 atom stereocenters. The van der Waals surface area contributed by atoms with Crippen LogP contribution in [0.5, 0.6) is 0 Å². The molecule has 3 heterocycles. The molecular formula is C17H18N4O5. The van der Waals surface area contributed by atoms with Crippen LogP contribution in [0.2, 0.25) is 0 Å². The number of aryl methyl sites for hydroxylation is 1. The highest BCUT2D eigenvalue weighted by atomic mass is 16.4. The second-order valence-electron chi connectivity index (χ2n) is 6.78. The van der Waals surface area contributed by atoms with Crippen LogP contribution < -0.4 is 11.0 Å². The van der Waals surface area contributed by atoms with E-state index in [0.29, 0.717) is 24.1 Å². The molecule has 3 amide bonds. The molecule has 2 saturated heterocycles. The average molecular weight is 358 g/mol. The molecule has 0 aliphatic carbocycles. The lowest BCUT2D eigenvalue weighted by Gasteiger charge is -2.37. The molecule has 1 unspecified atom stereocenters. The summed E-state index contributed by atoms with van der Waals surface area (Å²) >= 11 is 0. The van der Waals surface area contributed by atoms with Gasteiger partial charge in [0, 0.05) is 32.5 Å². The Bertz CT molecular complexity index is 998. The topological polar surface area (TPSA) is 114 Å². The molecule has 4 rings (SSSR count). The van der Waals surface area contributed by atoms with Gasteiger partial charge >= 0.3 is 11.8 Å². The van der Waals surface area contributed by atoms with Gasteiger partial charge < -0.3 is 10.0 Å². The number of nitrogens with zero attached hydrogens (tertiary/aromatic N) is 3. The van der Waals surface area contributed by atoms with E-state index in [1.807, 2.05) is 12.1 Å². The SMILES string of the molecule is Cn1c(=O)n(C2CCC(=O)NC2=O)c2cccc(C3CN(C(=O)O)C3)c21. The summed E-state index contributed by atoms with van der Waals surface area (Å²) in [4.78, 5) is 48.8. The number of hydrogen-bond donors (Lipinski definition) is 2. The molecule has 26 heavy (non-hydrogen) atoms. The van der Waals surface area contributed by atoms with Crippen molar-refractivity contribution in [3.63, 3.8) is 0 Å². The molecule has 0 spiro atoms. The molecule has 2 aliphatic rings. The number of carbonyl (C=O) groups is 3. The van der Waals surface area contributed by atoms with E-state index in [2.05, 4.69) is 5.32 Å². The Balaban J connectivity index is 1.80. The van der Waals surface area contributed by atoms with Crippen molar-refractivity contribution >= 4 is 28.9 Å². The van der Waals surface area contributed by atoms with Crippen LogP contribution >= 0.6 is 0 Å². The third kappa shape index (κ3) is 2.31. The van der Waals surface area contributed by atoms with Crippen molar-refractivity contribution in [2.75, 3.05) is 13.1 Å². The van der Waals surface area contributed by atoms with Crippen LogP contribution in [0, 0.1) is 0 Å². The van der Waals surface area contributed by atoms with Crippen molar-refractivity contribution in [2.24, 2.45) is 7.05 Å². The summed E-state index contributed by atoms with van der Waals surface area (Å²) in [6.45, 7) is 0.762. The number of rotatable bonds is 2. The van der Waals surface area contributed by atoms with Crippen LogP contribution in [0.25, 0.3) is 11.0 Å². The van der Waals surface area contributed by atoms with Crippen molar-refractivity contribution in [1.29, 1.82) is 0 Å². The first-order valence-corrected chi connectivity index (χ1v) is 8.40. The standard InChI is InChI=1S/C17H18N4O5/c1-19-14-10(9-7-20(8-9)17(25)26)3-2-4-11(14)21(16(19)24)12-5-6-13(22)18-15(12)23/h2-4,9,12H,5-8H2,1H3,(H,25,26)(H,18,22,23). The molecule has 2 aromatic rings. The van der Waals surface area contributed by atoms with E-state index >= 15 is 0 Å². The summed E-state index contributed by atoms with van der Waals surface area (Å²) in [6, 6.07) is 4.75. The molecule has 9 heteroatoms. The number of carbonyl (C=O) groups excluding carboxylic acids is 2. The normalized spacial score (nSPS) is 21.0. The molecule has 1 aromatic heterocycles. The van der Waals surface area contributed by atoms with E-state index in [-0.39, 0.29) is 30.4 Å². The molecular weight excluding hydrogens is 340 g/mol. The number of amides is 3. The highest BCUT2D eigenvalue weighted by molar-refractivity contribution is 6.00. The first kappa shape index (κ1) is 16.4. The zero-order valence-corrected chi connectivity index (χ0v) is 14.1. The van der Waals surface area contributed by atoms with Gasteiger partial charge in [0.15, 0.2) is 0 Å². The van der Waals surface area contributed by atoms with Gasteiger partial charge in [0.1, 0.15) is 6.04 Å². The third-order valence-electron chi connectivity index (χ3n) is 5.25. The van der Waals surface area contributed by atoms with Crippen LogP contribution in [0.1, 0.15) is 30.4 Å². The van der Waals surface area contributed by atoms with E-state index in [0.717, 1.165) is 5.56 Å². The summed E-state index contributed by atoms with van der Waals surface area (Å²) < 4.78 is 2.94. The number of hydrogen-bond acceptors (Lipinski definition) is 4. The fourth-order valence-electron chi connectivity index (χ4n) is 3.86. The number of imide groups is 1. The Morgan fingerprint density at radius 1 is 1.23 bits per heavy atom. The zero-order chi connectivity index (χ0) is 18.6. The lowest BCUT2D eigenvalue weighted by Crippen LogP contribution is -2.47. The molecule has 2 N–H and O–H groups in total. The highest BCUT2D eigenvalue weighted by Gasteiger charge is 2.35. The fourth-order valence-corrected chi connectivity index (χ4v) is 3.86. The van der Waals surface area contributed by atoms with E-state index in [1.54, 1.807) is 13.1 Å². The predicted molar refractivity (Wildman–Crippen MR) is 90.9 cm³/mol. The minimum absolute atomic E-state index is 0.0120. The monoisotopic (exact) mass is 358 g/mol. The number of carboxylic acid groups (broad SMARTS) is 1. The Kier molecular flexibility index (Phi) is 3.60. The largest absolute Gasteiger partial charge is 0.465 e. The lowest BCUT2D eigenvalue weighted by molar-refractivity contribution is -0.135. The maximum atomic E-state index is 12.8. The second-order valence-corrected chi connectivity index (χ2v) is 6.78. The Labute approximate surface area is 147 Å².